The summed E-state index contributed by atoms with van der Waals surface area (Å²) in [5.41, 5.74) is 0.750. The average molecular weight is 153 g/mol. The topological polar surface area (TPSA) is 0 Å². The molecule has 0 bridgehead atoms. The Bertz CT molecular complexity index is 51.0. The van der Waals surface area contributed by atoms with Crippen molar-refractivity contribution in [2.24, 2.45) is 5.41 Å². The third-order valence-electron chi connectivity index (χ3n) is 1.53. The summed E-state index contributed by atoms with van der Waals surface area (Å²) >= 11 is 0. The number of rotatable bonds is 0. The van der Waals surface area contributed by atoms with Crippen LogP contribution in [0.3, 0.4) is 0 Å². The van der Waals surface area contributed by atoms with E-state index < -0.39 is 0 Å². The van der Waals surface area contributed by atoms with E-state index in [9.17, 15) is 0 Å². The van der Waals surface area contributed by atoms with Crippen molar-refractivity contribution in [3.8, 4) is 0 Å². The minimum absolute atomic E-state index is 0. The summed E-state index contributed by atoms with van der Waals surface area (Å²) in [5.74, 6) is 0. The molecule has 0 unspecified atom stereocenters. The maximum atomic E-state index is 3.28. The van der Waals surface area contributed by atoms with Crippen LogP contribution >= 0.6 is 0 Å². The van der Waals surface area contributed by atoms with Gasteiger partial charge in [-0.1, -0.05) is 0 Å². The van der Waals surface area contributed by atoms with Gasteiger partial charge in [-0.25, -0.2) is 0 Å². The molecular weight excluding hydrogens is 147 g/mol. The Labute approximate surface area is 67.0 Å². The van der Waals surface area contributed by atoms with Gasteiger partial charge in [0, 0.05) is 0 Å². The van der Waals surface area contributed by atoms with E-state index in [1.54, 1.807) is 0 Å². The van der Waals surface area contributed by atoms with Crippen molar-refractivity contribution < 1.29 is 35.8 Å². The molecule has 0 atom stereocenters. The molecule has 2 heteroatoms. The standard InChI is InChI=1S/C5H6.BrH.Li/c1-2-5(1)3-4-5;;/h1-3H2;1H;/q;;+1/p-1. The van der Waals surface area contributed by atoms with Crippen LogP contribution in [0.4, 0.5) is 0 Å². The van der Waals surface area contributed by atoms with Gasteiger partial charge in [-0.05, 0) is 31.1 Å². The van der Waals surface area contributed by atoms with Crippen LogP contribution in [0.15, 0.2) is 0 Å². The van der Waals surface area contributed by atoms with Crippen molar-refractivity contribution in [2.75, 3.05) is 0 Å². The summed E-state index contributed by atoms with van der Waals surface area (Å²) in [6.07, 6.45) is 7.50. The van der Waals surface area contributed by atoms with Crippen molar-refractivity contribution >= 4 is 0 Å². The van der Waals surface area contributed by atoms with Crippen molar-refractivity contribution in [3.05, 3.63) is 6.42 Å². The van der Waals surface area contributed by atoms with Gasteiger partial charge in [-0.15, -0.1) is 0 Å². The third kappa shape index (κ3) is 1.49. The van der Waals surface area contributed by atoms with Crippen LogP contribution in [0.25, 0.3) is 0 Å². The van der Waals surface area contributed by atoms with E-state index in [4.69, 9.17) is 0 Å². The van der Waals surface area contributed by atoms with Crippen LogP contribution in [-0.2, 0) is 0 Å². The van der Waals surface area contributed by atoms with E-state index in [1.165, 1.54) is 19.3 Å². The van der Waals surface area contributed by atoms with Crippen molar-refractivity contribution in [1.29, 1.82) is 0 Å². The Hall–Kier alpha value is 1.08. The molecule has 2 saturated carbocycles. The van der Waals surface area contributed by atoms with Gasteiger partial charge >= 0.3 is 18.9 Å². The molecule has 1 spiro atoms. The smallest absolute Gasteiger partial charge is 1.00 e. The fourth-order valence-electron chi connectivity index (χ4n) is 0.629. The Morgan fingerprint density at radius 3 is 1.71 bits per heavy atom. The molecule has 0 N–H and O–H groups in total. The maximum absolute atomic E-state index is 3.28. The molecule has 0 aromatic carbocycles. The van der Waals surface area contributed by atoms with Crippen LogP contribution in [0.1, 0.15) is 19.3 Å². The van der Waals surface area contributed by atoms with Gasteiger partial charge in [0.15, 0.2) is 0 Å². The number of hydrogen-bond donors (Lipinski definition) is 0. The van der Waals surface area contributed by atoms with Crippen LogP contribution < -0.4 is 35.8 Å². The van der Waals surface area contributed by atoms with E-state index >= 15 is 0 Å². The van der Waals surface area contributed by atoms with Gasteiger partial charge in [0.05, 0.1) is 0 Å². The van der Waals surface area contributed by atoms with E-state index in [0.717, 1.165) is 5.41 Å². The zero-order valence-corrected chi connectivity index (χ0v) is 6.09. The van der Waals surface area contributed by atoms with E-state index in [2.05, 4.69) is 6.42 Å². The largest absolute Gasteiger partial charge is 1.00 e. The molecule has 7 heavy (non-hydrogen) atoms. The molecule has 34 valence electrons. The molecule has 0 nitrogen and oxygen atoms in total. The first-order valence-corrected chi connectivity index (χ1v) is 2.16. The second-order valence-corrected chi connectivity index (χ2v) is 2.13. The number of hydrogen-bond acceptors (Lipinski definition) is 0. The molecule has 0 aliphatic heterocycles. The fraction of sp³-hybridized carbons (Fsp3) is 0.800. The van der Waals surface area contributed by atoms with Gasteiger partial charge < -0.3 is 17.0 Å². The molecule has 2 radical (unpaired) electrons. The minimum Gasteiger partial charge on any atom is -1.00 e. The summed E-state index contributed by atoms with van der Waals surface area (Å²) < 4.78 is 0. The summed E-state index contributed by atoms with van der Waals surface area (Å²) in [6.45, 7) is 0. The molecular formula is C5H6BrLi. The van der Waals surface area contributed by atoms with E-state index in [-0.39, 0.29) is 35.8 Å². The van der Waals surface area contributed by atoms with Crippen LogP contribution in [-0.4, -0.2) is 0 Å². The van der Waals surface area contributed by atoms with Crippen molar-refractivity contribution in [3.63, 3.8) is 0 Å². The van der Waals surface area contributed by atoms with Crippen molar-refractivity contribution in [1.82, 2.24) is 0 Å². The molecule has 0 amide bonds. The summed E-state index contributed by atoms with van der Waals surface area (Å²) in [4.78, 5) is 0. The second kappa shape index (κ2) is 2.13. The third-order valence-corrected chi connectivity index (χ3v) is 1.53. The van der Waals surface area contributed by atoms with Crippen LogP contribution in [0.5, 0.6) is 0 Å². The maximum Gasteiger partial charge on any atom is 1.00 e. The quantitative estimate of drug-likeness (QED) is 0.306. The number of halogens is 1. The molecule has 0 heterocycles. The first-order chi connectivity index (χ1) is 2.41. The predicted octanol–water partition coefficient (Wildman–Crippen LogP) is -4.74. The molecule has 2 aliphatic carbocycles. The zero-order chi connectivity index (χ0) is 3.33. The Balaban J connectivity index is 0.000000180. The van der Waals surface area contributed by atoms with Gasteiger partial charge in [0.25, 0.3) is 0 Å². The first kappa shape index (κ1) is 8.08. The first-order valence-electron chi connectivity index (χ1n) is 2.16. The van der Waals surface area contributed by atoms with E-state index in [1.807, 2.05) is 0 Å². The van der Waals surface area contributed by atoms with Crippen molar-refractivity contribution in [2.45, 2.75) is 19.3 Å². The second-order valence-electron chi connectivity index (χ2n) is 2.13. The summed E-state index contributed by atoms with van der Waals surface area (Å²) in [7, 11) is 0. The molecule has 0 aromatic heterocycles. The monoisotopic (exact) mass is 152 g/mol. The van der Waals surface area contributed by atoms with Gasteiger partial charge in [0.1, 0.15) is 0 Å². The van der Waals surface area contributed by atoms with E-state index in [0.29, 0.717) is 0 Å². The van der Waals surface area contributed by atoms with Crippen LogP contribution in [0, 0.1) is 11.8 Å². The molecule has 2 aliphatic rings. The molecule has 2 fully saturated rings. The van der Waals surface area contributed by atoms with Gasteiger partial charge in [0.2, 0.25) is 0 Å². The minimum atomic E-state index is 0. The zero-order valence-electron chi connectivity index (χ0n) is 4.50. The Kier molecular flexibility index (Phi) is 2.46. The Morgan fingerprint density at radius 1 is 1.29 bits per heavy atom. The molecule has 2 rings (SSSR count). The predicted molar refractivity (Wildman–Crippen MR) is 19.5 cm³/mol. The molecule has 0 aromatic rings. The Morgan fingerprint density at radius 2 is 1.71 bits per heavy atom. The van der Waals surface area contributed by atoms with Gasteiger partial charge in [-0.2, -0.15) is 0 Å². The summed E-state index contributed by atoms with van der Waals surface area (Å²) in [6, 6.07) is 0. The normalized spacial score (nSPS) is 27.4. The SMILES string of the molecule is [Br-].[C]1CC12CC2.[Li+]. The molecule has 0 saturated heterocycles. The van der Waals surface area contributed by atoms with Gasteiger partial charge in [-0.3, -0.25) is 0 Å². The summed E-state index contributed by atoms with van der Waals surface area (Å²) in [5, 5.41) is 0. The fourth-order valence-corrected chi connectivity index (χ4v) is 0.629. The van der Waals surface area contributed by atoms with Crippen LogP contribution in [0.2, 0.25) is 0 Å². The average Bonchev–Trinajstić information content (AvgIpc) is 2.17.